The van der Waals surface area contributed by atoms with E-state index in [1.165, 1.54) is 0 Å². The fourth-order valence-corrected chi connectivity index (χ4v) is 1.25. The summed E-state index contributed by atoms with van der Waals surface area (Å²) in [5, 5.41) is 36.0. The maximum absolute atomic E-state index is 9.31. The second-order valence-electron chi connectivity index (χ2n) is 3.49. The van der Waals surface area contributed by atoms with Gasteiger partial charge in [-0.15, -0.1) is 0 Å². The SMILES string of the molecule is CC(O)CC(O)CC(O)CCCO. The van der Waals surface area contributed by atoms with Crippen molar-refractivity contribution >= 4 is 0 Å². The zero-order valence-corrected chi connectivity index (χ0v) is 8.06. The van der Waals surface area contributed by atoms with Gasteiger partial charge in [0.2, 0.25) is 0 Å². The van der Waals surface area contributed by atoms with E-state index in [1.54, 1.807) is 6.92 Å². The van der Waals surface area contributed by atoms with Crippen LogP contribution < -0.4 is 0 Å². The highest BCUT2D eigenvalue weighted by molar-refractivity contribution is 4.65. The molecule has 80 valence electrons. The van der Waals surface area contributed by atoms with Crippen LogP contribution in [0.2, 0.25) is 0 Å². The molecule has 3 atom stereocenters. The maximum Gasteiger partial charge on any atom is 0.0589 e. The number of aliphatic hydroxyl groups is 4. The predicted octanol–water partition coefficient (Wildman–Crippen LogP) is -0.358. The molecule has 0 aliphatic rings. The van der Waals surface area contributed by atoms with Crippen molar-refractivity contribution in [2.45, 2.75) is 50.9 Å². The average molecular weight is 192 g/mol. The third-order valence-corrected chi connectivity index (χ3v) is 1.85. The van der Waals surface area contributed by atoms with E-state index in [0.29, 0.717) is 12.8 Å². The van der Waals surface area contributed by atoms with Gasteiger partial charge in [0.15, 0.2) is 0 Å². The minimum absolute atomic E-state index is 0.0591. The van der Waals surface area contributed by atoms with Crippen LogP contribution >= 0.6 is 0 Å². The topological polar surface area (TPSA) is 80.9 Å². The molecule has 0 heterocycles. The lowest BCUT2D eigenvalue weighted by atomic mass is 10.0. The Morgan fingerprint density at radius 2 is 1.62 bits per heavy atom. The normalized spacial score (nSPS) is 18.2. The fraction of sp³-hybridized carbons (Fsp3) is 1.00. The van der Waals surface area contributed by atoms with Gasteiger partial charge < -0.3 is 20.4 Å². The first-order valence-electron chi connectivity index (χ1n) is 4.71. The van der Waals surface area contributed by atoms with Gasteiger partial charge in [-0.2, -0.15) is 0 Å². The van der Waals surface area contributed by atoms with E-state index in [4.69, 9.17) is 10.2 Å². The van der Waals surface area contributed by atoms with Gasteiger partial charge >= 0.3 is 0 Å². The summed E-state index contributed by atoms with van der Waals surface area (Å²) in [6.45, 7) is 1.66. The Bertz CT molecular complexity index is 116. The first-order chi connectivity index (χ1) is 6.06. The van der Waals surface area contributed by atoms with E-state index < -0.39 is 18.3 Å². The molecule has 0 saturated heterocycles. The third-order valence-electron chi connectivity index (χ3n) is 1.85. The number of hydrogen-bond acceptors (Lipinski definition) is 4. The Hall–Kier alpha value is -0.160. The van der Waals surface area contributed by atoms with Crippen molar-refractivity contribution in [2.24, 2.45) is 0 Å². The summed E-state index contributed by atoms with van der Waals surface area (Å²) in [5.74, 6) is 0. The summed E-state index contributed by atoms with van der Waals surface area (Å²) in [6.07, 6.45) is -0.188. The Labute approximate surface area is 78.8 Å². The molecule has 0 bridgehead atoms. The van der Waals surface area contributed by atoms with E-state index in [9.17, 15) is 10.2 Å². The first-order valence-corrected chi connectivity index (χ1v) is 4.71. The molecule has 4 N–H and O–H groups in total. The molecule has 0 radical (unpaired) electrons. The van der Waals surface area contributed by atoms with E-state index >= 15 is 0 Å². The summed E-state index contributed by atoms with van der Waals surface area (Å²) in [6, 6.07) is 0. The lowest BCUT2D eigenvalue weighted by Gasteiger charge is -2.16. The molecule has 0 amide bonds. The molecular formula is C9H20O4. The number of aliphatic hydroxyl groups excluding tert-OH is 4. The Balaban J connectivity index is 3.46. The standard InChI is InChI=1S/C9H20O4/c1-7(11)5-9(13)6-8(12)3-2-4-10/h7-13H,2-6H2,1H3. The third kappa shape index (κ3) is 8.18. The van der Waals surface area contributed by atoms with Gasteiger partial charge in [0, 0.05) is 6.61 Å². The summed E-state index contributed by atoms with van der Waals surface area (Å²) in [5.41, 5.74) is 0. The zero-order valence-electron chi connectivity index (χ0n) is 8.06. The highest BCUT2D eigenvalue weighted by atomic mass is 16.3. The molecule has 3 unspecified atom stereocenters. The zero-order chi connectivity index (χ0) is 10.3. The van der Waals surface area contributed by atoms with Gasteiger partial charge in [0.05, 0.1) is 18.3 Å². The van der Waals surface area contributed by atoms with Crippen molar-refractivity contribution < 1.29 is 20.4 Å². The molecule has 4 nitrogen and oxygen atoms in total. The molecule has 13 heavy (non-hydrogen) atoms. The molecule has 0 aromatic heterocycles. The van der Waals surface area contributed by atoms with Gasteiger partial charge in [-0.25, -0.2) is 0 Å². The predicted molar refractivity (Wildman–Crippen MR) is 49.2 cm³/mol. The second kappa shape index (κ2) is 7.26. The van der Waals surface area contributed by atoms with Crippen molar-refractivity contribution in [3.05, 3.63) is 0 Å². The van der Waals surface area contributed by atoms with Crippen LogP contribution in [-0.4, -0.2) is 45.3 Å². The smallest absolute Gasteiger partial charge is 0.0589 e. The summed E-state index contributed by atoms with van der Waals surface area (Å²) < 4.78 is 0. The van der Waals surface area contributed by atoms with Crippen molar-refractivity contribution in [1.82, 2.24) is 0 Å². The molecule has 0 rings (SSSR count). The van der Waals surface area contributed by atoms with Crippen molar-refractivity contribution in [1.29, 1.82) is 0 Å². The lowest BCUT2D eigenvalue weighted by Crippen LogP contribution is -2.21. The van der Waals surface area contributed by atoms with Gasteiger partial charge in [-0.05, 0) is 32.6 Å². The average Bonchev–Trinajstić information content (AvgIpc) is 1.98. The largest absolute Gasteiger partial charge is 0.396 e. The van der Waals surface area contributed by atoms with Crippen LogP contribution in [0.25, 0.3) is 0 Å². The van der Waals surface area contributed by atoms with E-state index in [-0.39, 0.29) is 19.4 Å². The van der Waals surface area contributed by atoms with Crippen LogP contribution in [0.4, 0.5) is 0 Å². The molecule has 0 saturated carbocycles. The van der Waals surface area contributed by atoms with E-state index in [0.717, 1.165) is 0 Å². The second-order valence-corrected chi connectivity index (χ2v) is 3.49. The molecule has 0 fully saturated rings. The van der Waals surface area contributed by atoms with Crippen LogP contribution in [0.5, 0.6) is 0 Å². The molecular weight excluding hydrogens is 172 g/mol. The van der Waals surface area contributed by atoms with Crippen LogP contribution in [-0.2, 0) is 0 Å². The number of hydrogen-bond donors (Lipinski definition) is 4. The van der Waals surface area contributed by atoms with E-state index in [2.05, 4.69) is 0 Å². The van der Waals surface area contributed by atoms with Crippen molar-refractivity contribution in [3.8, 4) is 0 Å². The summed E-state index contributed by atoms with van der Waals surface area (Å²) >= 11 is 0. The minimum Gasteiger partial charge on any atom is -0.396 e. The molecule has 0 aliphatic carbocycles. The van der Waals surface area contributed by atoms with Gasteiger partial charge in [-0.1, -0.05) is 0 Å². The Morgan fingerprint density at radius 3 is 2.08 bits per heavy atom. The van der Waals surface area contributed by atoms with Crippen LogP contribution in [0.1, 0.15) is 32.6 Å². The lowest BCUT2D eigenvalue weighted by molar-refractivity contribution is 0.0399. The van der Waals surface area contributed by atoms with Crippen LogP contribution in [0.15, 0.2) is 0 Å². The fourth-order valence-electron chi connectivity index (χ4n) is 1.25. The van der Waals surface area contributed by atoms with Crippen molar-refractivity contribution in [3.63, 3.8) is 0 Å². The molecule has 0 aliphatic heterocycles. The molecule has 4 heteroatoms. The van der Waals surface area contributed by atoms with Crippen LogP contribution in [0.3, 0.4) is 0 Å². The van der Waals surface area contributed by atoms with Crippen LogP contribution in [0, 0.1) is 0 Å². The summed E-state index contributed by atoms with van der Waals surface area (Å²) in [7, 11) is 0. The van der Waals surface area contributed by atoms with Crippen molar-refractivity contribution in [2.75, 3.05) is 6.61 Å². The van der Waals surface area contributed by atoms with E-state index in [1.807, 2.05) is 0 Å². The summed E-state index contributed by atoms with van der Waals surface area (Å²) in [4.78, 5) is 0. The molecule has 0 aromatic carbocycles. The van der Waals surface area contributed by atoms with Gasteiger partial charge in [-0.3, -0.25) is 0 Å². The highest BCUT2D eigenvalue weighted by Crippen LogP contribution is 2.09. The highest BCUT2D eigenvalue weighted by Gasteiger charge is 2.13. The monoisotopic (exact) mass is 192 g/mol. The quantitative estimate of drug-likeness (QED) is 0.444. The maximum atomic E-state index is 9.31. The van der Waals surface area contributed by atoms with Gasteiger partial charge in [0.25, 0.3) is 0 Å². The molecule has 0 spiro atoms. The van der Waals surface area contributed by atoms with Gasteiger partial charge in [0.1, 0.15) is 0 Å². The molecule has 0 aromatic rings. The minimum atomic E-state index is -0.659. The Kier molecular flexibility index (Phi) is 7.17. The number of rotatable bonds is 7. The first kappa shape index (κ1) is 12.8. The Morgan fingerprint density at radius 1 is 1.00 bits per heavy atom.